The van der Waals surface area contributed by atoms with Gasteiger partial charge in [-0.25, -0.2) is 4.98 Å². The summed E-state index contributed by atoms with van der Waals surface area (Å²) in [7, 11) is 1.59. The van der Waals surface area contributed by atoms with E-state index in [2.05, 4.69) is 14.9 Å². The van der Waals surface area contributed by atoms with E-state index in [1.807, 2.05) is 18.2 Å². The van der Waals surface area contributed by atoms with E-state index >= 15 is 0 Å². The maximum Gasteiger partial charge on any atom is 0.416 e. The number of imidazole rings is 1. The molecular weight excluding hydrogens is 435 g/mol. The second kappa shape index (κ2) is 9.43. The number of aliphatic carboxylic acids is 1. The van der Waals surface area contributed by atoms with Crippen molar-refractivity contribution < 1.29 is 27.8 Å². The van der Waals surface area contributed by atoms with Gasteiger partial charge in [0.2, 0.25) is 0 Å². The smallest absolute Gasteiger partial charge is 0.416 e. The molecular formula is C24H26F3N3O3. The number of fused-ring (bicyclic) bond motifs is 1. The van der Waals surface area contributed by atoms with E-state index in [9.17, 15) is 23.1 Å². The summed E-state index contributed by atoms with van der Waals surface area (Å²) in [4.78, 5) is 21.6. The molecule has 0 amide bonds. The lowest BCUT2D eigenvalue weighted by molar-refractivity contribution is -0.139. The van der Waals surface area contributed by atoms with Gasteiger partial charge in [-0.1, -0.05) is 18.2 Å². The number of H-pyrrole nitrogens is 1. The number of ether oxygens (including phenoxy) is 1. The molecule has 2 atom stereocenters. The zero-order valence-electron chi connectivity index (χ0n) is 18.2. The van der Waals surface area contributed by atoms with E-state index in [4.69, 9.17) is 4.74 Å². The van der Waals surface area contributed by atoms with E-state index in [0.29, 0.717) is 38.2 Å². The SMILES string of the molecule is COc1cccc2[nH]c(C[C@H]3CN(Cc4ccc(C(F)(F)F)cc4)CC[C@H]3CC(=O)O)nc12. The molecule has 2 aromatic carbocycles. The summed E-state index contributed by atoms with van der Waals surface area (Å²) in [5.41, 5.74) is 1.73. The number of nitrogens with zero attached hydrogens (tertiary/aromatic N) is 2. The molecule has 0 saturated carbocycles. The lowest BCUT2D eigenvalue weighted by Crippen LogP contribution is -2.41. The number of benzene rings is 2. The maximum absolute atomic E-state index is 12.8. The Balaban J connectivity index is 1.49. The van der Waals surface area contributed by atoms with Crippen LogP contribution in [0.15, 0.2) is 42.5 Å². The van der Waals surface area contributed by atoms with Crippen molar-refractivity contribution in [3.05, 3.63) is 59.4 Å². The van der Waals surface area contributed by atoms with Crippen molar-refractivity contribution >= 4 is 17.0 Å². The molecule has 1 aromatic heterocycles. The van der Waals surface area contributed by atoms with Crippen molar-refractivity contribution in [2.24, 2.45) is 11.8 Å². The lowest BCUT2D eigenvalue weighted by atomic mass is 9.81. The minimum Gasteiger partial charge on any atom is -0.494 e. The highest BCUT2D eigenvalue weighted by molar-refractivity contribution is 5.81. The maximum atomic E-state index is 12.8. The summed E-state index contributed by atoms with van der Waals surface area (Å²) in [5, 5.41) is 9.38. The molecule has 176 valence electrons. The molecule has 0 bridgehead atoms. The lowest BCUT2D eigenvalue weighted by Gasteiger charge is -2.38. The number of hydrogen-bond donors (Lipinski definition) is 2. The monoisotopic (exact) mass is 461 g/mol. The van der Waals surface area contributed by atoms with Gasteiger partial charge in [-0.3, -0.25) is 9.69 Å². The normalized spacial score (nSPS) is 19.6. The molecule has 3 aromatic rings. The number of carboxylic acid groups (broad SMARTS) is 1. The highest BCUT2D eigenvalue weighted by atomic mass is 19.4. The molecule has 0 radical (unpaired) electrons. The molecule has 0 aliphatic carbocycles. The standard InChI is InChI=1S/C24H26F3N3O3/c1-33-20-4-2-3-19-23(20)29-21(28-19)11-17-14-30(10-9-16(17)12-22(31)32)13-15-5-7-18(8-6-15)24(25,26)27/h2-8,16-17H,9-14H2,1H3,(H,28,29)(H,31,32)/t16-,17-/m0/s1. The summed E-state index contributed by atoms with van der Waals surface area (Å²) >= 11 is 0. The molecule has 0 spiro atoms. The molecule has 4 rings (SSSR count). The Labute approximate surface area is 189 Å². The van der Waals surface area contributed by atoms with Gasteiger partial charge in [0.15, 0.2) is 0 Å². The van der Waals surface area contributed by atoms with Crippen molar-refractivity contribution in [2.45, 2.75) is 32.0 Å². The van der Waals surface area contributed by atoms with Gasteiger partial charge in [0, 0.05) is 25.9 Å². The summed E-state index contributed by atoms with van der Waals surface area (Å²) in [6.07, 6.45) is -2.98. The number of methoxy groups -OCH3 is 1. The molecule has 2 N–H and O–H groups in total. The fraction of sp³-hybridized carbons (Fsp3) is 0.417. The molecule has 0 unspecified atom stereocenters. The first-order valence-electron chi connectivity index (χ1n) is 10.8. The highest BCUT2D eigenvalue weighted by Crippen LogP contribution is 2.32. The molecule has 1 fully saturated rings. The second-order valence-corrected chi connectivity index (χ2v) is 8.58. The van der Waals surface area contributed by atoms with Gasteiger partial charge >= 0.3 is 12.1 Å². The fourth-order valence-electron chi connectivity index (χ4n) is 4.65. The number of likely N-dealkylation sites (tertiary alicyclic amines) is 1. The van der Waals surface area contributed by atoms with Crippen molar-refractivity contribution in [3.63, 3.8) is 0 Å². The van der Waals surface area contributed by atoms with Crippen LogP contribution >= 0.6 is 0 Å². The molecule has 1 saturated heterocycles. The van der Waals surface area contributed by atoms with Gasteiger partial charge in [0.05, 0.1) is 18.2 Å². The fourth-order valence-corrected chi connectivity index (χ4v) is 4.65. The first-order chi connectivity index (χ1) is 15.7. The predicted octanol–water partition coefficient (Wildman–Crippen LogP) is 4.75. The topological polar surface area (TPSA) is 78.5 Å². The number of nitrogens with one attached hydrogen (secondary N) is 1. The molecule has 6 nitrogen and oxygen atoms in total. The third kappa shape index (κ3) is 5.47. The second-order valence-electron chi connectivity index (χ2n) is 8.58. The van der Waals surface area contributed by atoms with Gasteiger partial charge < -0.3 is 14.8 Å². The van der Waals surface area contributed by atoms with E-state index < -0.39 is 17.7 Å². The molecule has 1 aliphatic heterocycles. The number of aromatic amines is 1. The average Bonchev–Trinajstić information content (AvgIpc) is 3.17. The number of carboxylic acids is 1. The number of halogens is 3. The Morgan fingerprint density at radius 1 is 1.21 bits per heavy atom. The first kappa shape index (κ1) is 23.1. The quantitative estimate of drug-likeness (QED) is 0.531. The number of para-hydroxylation sites is 1. The number of aromatic nitrogens is 2. The van der Waals surface area contributed by atoms with E-state index in [0.717, 1.165) is 34.6 Å². The summed E-state index contributed by atoms with van der Waals surface area (Å²) in [6.45, 7) is 1.86. The van der Waals surface area contributed by atoms with Gasteiger partial charge in [0.1, 0.15) is 17.1 Å². The van der Waals surface area contributed by atoms with Crippen LogP contribution in [0.4, 0.5) is 13.2 Å². The molecule has 33 heavy (non-hydrogen) atoms. The average molecular weight is 461 g/mol. The van der Waals surface area contributed by atoms with Gasteiger partial charge in [0.25, 0.3) is 0 Å². The zero-order valence-corrected chi connectivity index (χ0v) is 18.2. The predicted molar refractivity (Wildman–Crippen MR) is 117 cm³/mol. The summed E-state index contributed by atoms with van der Waals surface area (Å²) in [5.74, 6) is 0.667. The summed E-state index contributed by atoms with van der Waals surface area (Å²) in [6, 6.07) is 10.9. The van der Waals surface area contributed by atoms with Crippen LogP contribution in [0.25, 0.3) is 11.0 Å². The number of carbonyl (C=O) groups is 1. The van der Waals surface area contributed by atoms with Crippen LogP contribution in [-0.2, 0) is 23.9 Å². The van der Waals surface area contributed by atoms with Crippen LogP contribution in [-0.4, -0.2) is 46.1 Å². The first-order valence-corrected chi connectivity index (χ1v) is 10.8. The van der Waals surface area contributed by atoms with E-state index in [1.165, 1.54) is 12.1 Å². The molecule has 9 heteroatoms. The van der Waals surface area contributed by atoms with Crippen LogP contribution in [0.2, 0.25) is 0 Å². The van der Waals surface area contributed by atoms with Crippen molar-refractivity contribution in [2.75, 3.05) is 20.2 Å². The Hall–Kier alpha value is -3.07. The largest absolute Gasteiger partial charge is 0.494 e. The number of alkyl halides is 3. The van der Waals surface area contributed by atoms with Crippen LogP contribution in [0.3, 0.4) is 0 Å². The Morgan fingerprint density at radius 2 is 1.97 bits per heavy atom. The number of piperidine rings is 1. The minimum absolute atomic E-state index is 0.00135. The van der Waals surface area contributed by atoms with Crippen molar-refractivity contribution in [3.8, 4) is 5.75 Å². The van der Waals surface area contributed by atoms with Crippen molar-refractivity contribution in [1.82, 2.24) is 14.9 Å². The molecule has 2 heterocycles. The third-order valence-electron chi connectivity index (χ3n) is 6.30. The van der Waals surface area contributed by atoms with Gasteiger partial charge in [-0.2, -0.15) is 13.2 Å². The third-order valence-corrected chi connectivity index (χ3v) is 6.30. The Morgan fingerprint density at radius 3 is 2.64 bits per heavy atom. The van der Waals surface area contributed by atoms with Crippen molar-refractivity contribution in [1.29, 1.82) is 0 Å². The Kier molecular flexibility index (Phi) is 6.60. The van der Waals surface area contributed by atoms with E-state index in [1.54, 1.807) is 7.11 Å². The molecule has 1 aliphatic rings. The van der Waals surface area contributed by atoms with Gasteiger partial charge in [-0.15, -0.1) is 0 Å². The van der Waals surface area contributed by atoms with E-state index in [-0.39, 0.29) is 18.3 Å². The number of rotatable bonds is 7. The van der Waals surface area contributed by atoms with Gasteiger partial charge in [-0.05, 0) is 54.6 Å². The van der Waals surface area contributed by atoms with Crippen LogP contribution < -0.4 is 4.74 Å². The zero-order chi connectivity index (χ0) is 23.6. The number of hydrogen-bond acceptors (Lipinski definition) is 4. The minimum atomic E-state index is -4.35. The van der Waals surface area contributed by atoms with Crippen LogP contribution in [0.5, 0.6) is 5.75 Å². The highest BCUT2D eigenvalue weighted by Gasteiger charge is 2.32. The Bertz CT molecular complexity index is 1110. The van der Waals surface area contributed by atoms with Crippen LogP contribution in [0, 0.1) is 11.8 Å². The summed E-state index contributed by atoms with van der Waals surface area (Å²) < 4.78 is 43.9. The van der Waals surface area contributed by atoms with Crippen LogP contribution in [0.1, 0.15) is 29.8 Å².